The number of carbonyl (C=O) groups is 1. The van der Waals surface area contributed by atoms with E-state index in [9.17, 15) is 19.3 Å². The van der Waals surface area contributed by atoms with Gasteiger partial charge in [-0.05, 0) is 30.4 Å². The van der Waals surface area contributed by atoms with Crippen molar-refractivity contribution in [3.8, 4) is 5.75 Å². The zero-order chi connectivity index (χ0) is 18.1. The number of nitrogens with zero attached hydrogens (tertiary/aromatic N) is 2. The molecule has 2 aromatic rings. The quantitative estimate of drug-likeness (QED) is 0.475. The fraction of sp³-hybridized carbons (Fsp3) is 0.0588. The van der Waals surface area contributed by atoms with Crippen LogP contribution >= 0.6 is 0 Å². The fourth-order valence-electron chi connectivity index (χ4n) is 1.83. The lowest BCUT2D eigenvalue weighted by Gasteiger charge is -2.05. The van der Waals surface area contributed by atoms with Crippen LogP contribution in [0.4, 0.5) is 10.1 Å². The molecule has 1 N–H and O–H groups in total. The monoisotopic (exact) mass is 343 g/mol. The Morgan fingerprint density at radius 2 is 1.96 bits per heavy atom. The van der Waals surface area contributed by atoms with E-state index in [1.165, 1.54) is 42.6 Å². The Kier molecular flexibility index (Phi) is 6.35. The van der Waals surface area contributed by atoms with E-state index >= 15 is 0 Å². The number of hydrogen-bond donors (Lipinski definition) is 1. The third-order valence-corrected chi connectivity index (χ3v) is 2.95. The summed E-state index contributed by atoms with van der Waals surface area (Å²) in [7, 11) is 0. The van der Waals surface area contributed by atoms with Gasteiger partial charge in [-0.3, -0.25) is 14.9 Å². The number of para-hydroxylation sites is 2. The Morgan fingerprint density at radius 1 is 1.24 bits per heavy atom. The average molecular weight is 343 g/mol. The molecule has 0 heterocycles. The highest BCUT2D eigenvalue weighted by molar-refractivity contribution is 5.82. The standard InChI is InChI=1S/C17H14FN3O4/c18-14-8-2-4-10-16(14)25-12-17(22)20-19-11-5-7-13-6-1-3-9-15(13)21(23)24/h1-11H,12H2,(H,20,22)/b7-5+,19-11+. The molecule has 0 saturated carbocycles. The van der Waals surface area contributed by atoms with Gasteiger partial charge < -0.3 is 4.74 Å². The first-order valence-corrected chi connectivity index (χ1v) is 7.17. The van der Waals surface area contributed by atoms with Crippen molar-refractivity contribution in [1.29, 1.82) is 0 Å². The van der Waals surface area contributed by atoms with Gasteiger partial charge in [0.25, 0.3) is 11.6 Å². The Balaban J connectivity index is 1.82. The summed E-state index contributed by atoms with van der Waals surface area (Å²) in [4.78, 5) is 21.9. The number of nitro groups is 1. The second kappa shape index (κ2) is 8.92. The van der Waals surface area contributed by atoms with E-state index in [0.717, 1.165) is 0 Å². The van der Waals surface area contributed by atoms with Gasteiger partial charge in [0, 0.05) is 12.3 Å². The fourth-order valence-corrected chi connectivity index (χ4v) is 1.83. The van der Waals surface area contributed by atoms with Gasteiger partial charge in [0.05, 0.1) is 10.5 Å². The lowest BCUT2D eigenvalue weighted by Crippen LogP contribution is -2.24. The molecule has 0 fully saturated rings. The van der Waals surface area contributed by atoms with Crippen molar-refractivity contribution in [1.82, 2.24) is 5.43 Å². The maximum atomic E-state index is 13.3. The predicted molar refractivity (Wildman–Crippen MR) is 90.7 cm³/mol. The molecule has 0 bridgehead atoms. The first-order chi connectivity index (χ1) is 12.1. The molecule has 2 aromatic carbocycles. The van der Waals surface area contributed by atoms with Crippen molar-refractivity contribution >= 4 is 23.9 Å². The van der Waals surface area contributed by atoms with Crippen molar-refractivity contribution in [3.05, 3.63) is 76.1 Å². The van der Waals surface area contributed by atoms with Crippen molar-refractivity contribution in [2.45, 2.75) is 0 Å². The highest BCUT2D eigenvalue weighted by atomic mass is 19.1. The molecular weight excluding hydrogens is 329 g/mol. The molecule has 0 saturated heterocycles. The number of nitrogens with one attached hydrogen (secondary N) is 1. The Labute approximate surface area is 142 Å². The molecule has 8 heteroatoms. The molecule has 0 unspecified atom stereocenters. The van der Waals surface area contributed by atoms with Gasteiger partial charge in [-0.2, -0.15) is 5.10 Å². The van der Waals surface area contributed by atoms with Gasteiger partial charge >= 0.3 is 0 Å². The molecule has 1 amide bonds. The summed E-state index contributed by atoms with van der Waals surface area (Å²) in [6, 6.07) is 11.9. The van der Waals surface area contributed by atoms with Crippen LogP contribution in [-0.4, -0.2) is 23.7 Å². The molecule has 0 radical (unpaired) electrons. The van der Waals surface area contributed by atoms with Gasteiger partial charge in [-0.1, -0.05) is 24.3 Å². The molecule has 2 rings (SSSR count). The minimum atomic E-state index is -0.571. The summed E-state index contributed by atoms with van der Waals surface area (Å²) in [6.45, 7) is -0.397. The topological polar surface area (TPSA) is 93.8 Å². The Bertz CT molecular complexity index is 821. The maximum absolute atomic E-state index is 13.3. The molecule has 0 aliphatic rings. The van der Waals surface area contributed by atoms with E-state index < -0.39 is 23.3 Å². The number of benzene rings is 2. The van der Waals surface area contributed by atoms with Crippen LogP contribution in [-0.2, 0) is 4.79 Å². The summed E-state index contributed by atoms with van der Waals surface area (Å²) < 4.78 is 18.3. The van der Waals surface area contributed by atoms with Crippen LogP contribution in [0.3, 0.4) is 0 Å². The summed E-state index contributed by atoms with van der Waals surface area (Å²) in [5.41, 5.74) is 2.57. The van der Waals surface area contributed by atoms with Crippen LogP contribution in [0.25, 0.3) is 6.08 Å². The van der Waals surface area contributed by atoms with Gasteiger partial charge in [-0.15, -0.1) is 0 Å². The van der Waals surface area contributed by atoms with Crippen LogP contribution < -0.4 is 10.2 Å². The van der Waals surface area contributed by atoms with Crippen molar-refractivity contribution in [3.63, 3.8) is 0 Å². The number of hydrazone groups is 1. The first-order valence-electron chi connectivity index (χ1n) is 7.17. The average Bonchev–Trinajstić information content (AvgIpc) is 2.61. The number of amides is 1. The number of carbonyl (C=O) groups excluding carboxylic acids is 1. The minimum absolute atomic E-state index is 0.0297. The van der Waals surface area contributed by atoms with Crippen LogP contribution in [0.15, 0.2) is 59.7 Å². The molecular formula is C17H14FN3O4. The van der Waals surface area contributed by atoms with E-state index in [1.54, 1.807) is 24.3 Å². The molecule has 0 aromatic heterocycles. The largest absolute Gasteiger partial charge is 0.481 e. The van der Waals surface area contributed by atoms with E-state index in [4.69, 9.17) is 4.74 Å². The zero-order valence-electron chi connectivity index (χ0n) is 13.0. The van der Waals surface area contributed by atoms with Crippen molar-refractivity contribution < 1.29 is 18.8 Å². The molecule has 0 spiro atoms. The van der Waals surface area contributed by atoms with Gasteiger partial charge in [-0.25, -0.2) is 9.82 Å². The zero-order valence-corrected chi connectivity index (χ0v) is 13.0. The summed E-state index contributed by atoms with van der Waals surface area (Å²) in [5.74, 6) is -1.16. The third-order valence-electron chi connectivity index (χ3n) is 2.95. The molecule has 25 heavy (non-hydrogen) atoms. The number of ether oxygens (including phenoxy) is 1. The predicted octanol–water partition coefficient (Wildman–Crippen LogP) is 2.93. The van der Waals surface area contributed by atoms with Gasteiger partial charge in [0.2, 0.25) is 0 Å². The Morgan fingerprint density at radius 3 is 2.72 bits per heavy atom. The van der Waals surface area contributed by atoms with Crippen LogP contribution in [0, 0.1) is 15.9 Å². The van der Waals surface area contributed by atoms with E-state index in [1.807, 2.05) is 0 Å². The van der Waals surface area contributed by atoms with Crippen molar-refractivity contribution in [2.75, 3.05) is 6.61 Å². The smallest absolute Gasteiger partial charge is 0.277 e. The summed E-state index contributed by atoms with van der Waals surface area (Å²) >= 11 is 0. The normalized spacial score (nSPS) is 10.9. The van der Waals surface area contributed by atoms with E-state index in [2.05, 4.69) is 10.5 Å². The van der Waals surface area contributed by atoms with Gasteiger partial charge in [0.15, 0.2) is 18.2 Å². The number of hydrogen-bond acceptors (Lipinski definition) is 5. The first kappa shape index (κ1) is 17.8. The van der Waals surface area contributed by atoms with Gasteiger partial charge in [0.1, 0.15) is 0 Å². The molecule has 0 atom stereocenters. The minimum Gasteiger partial charge on any atom is -0.481 e. The second-order valence-corrected chi connectivity index (χ2v) is 4.71. The lowest BCUT2D eigenvalue weighted by atomic mass is 10.2. The molecule has 128 valence electrons. The Hall–Kier alpha value is -3.55. The van der Waals surface area contributed by atoms with Crippen molar-refractivity contribution in [2.24, 2.45) is 5.10 Å². The number of nitro benzene ring substituents is 1. The third kappa shape index (κ3) is 5.54. The van der Waals surface area contributed by atoms with E-state index in [0.29, 0.717) is 5.56 Å². The molecule has 7 nitrogen and oxygen atoms in total. The number of halogens is 1. The number of allylic oxidation sites excluding steroid dienone is 1. The highest BCUT2D eigenvalue weighted by Gasteiger charge is 2.08. The lowest BCUT2D eigenvalue weighted by molar-refractivity contribution is -0.385. The SMILES string of the molecule is O=C(COc1ccccc1F)N/N=C/C=C/c1ccccc1[N+](=O)[O-]. The number of rotatable bonds is 7. The summed E-state index contributed by atoms with van der Waals surface area (Å²) in [5, 5.41) is 14.5. The summed E-state index contributed by atoms with van der Waals surface area (Å²) in [6.07, 6.45) is 4.20. The second-order valence-electron chi connectivity index (χ2n) is 4.71. The molecule has 0 aliphatic heterocycles. The van der Waals surface area contributed by atoms with Crippen LogP contribution in [0.1, 0.15) is 5.56 Å². The van der Waals surface area contributed by atoms with Crippen LogP contribution in [0.2, 0.25) is 0 Å². The molecule has 0 aliphatic carbocycles. The maximum Gasteiger partial charge on any atom is 0.277 e. The highest BCUT2D eigenvalue weighted by Crippen LogP contribution is 2.18. The van der Waals surface area contributed by atoms with Crippen LogP contribution in [0.5, 0.6) is 5.75 Å². The van der Waals surface area contributed by atoms with E-state index in [-0.39, 0.29) is 11.4 Å².